The largest absolute Gasteiger partial charge is 0.385 e. The molecule has 1 fully saturated rings. The molecule has 1 aromatic rings. The summed E-state index contributed by atoms with van der Waals surface area (Å²) in [4.78, 5) is 13.8. The van der Waals surface area contributed by atoms with E-state index in [4.69, 9.17) is 0 Å². The Morgan fingerprint density at radius 2 is 1.94 bits per heavy atom. The van der Waals surface area contributed by atoms with E-state index < -0.39 is 0 Å². The lowest BCUT2D eigenvalue weighted by molar-refractivity contribution is -0.129. The van der Waals surface area contributed by atoms with Gasteiger partial charge < -0.3 is 10.2 Å². The van der Waals surface area contributed by atoms with Gasteiger partial charge in [-0.15, -0.1) is 0 Å². The van der Waals surface area contributed by atoms with Gasteiger partial charge in [-0.1, -0.05) is 6.07 Å². The minimum Gasteiger partial charge on any atom is -0.385 e. The molecule has 0 unspecified atom stereocenters. The Morgan fingerprint density at radius 3 is 2.61 bits per heavy atom. The van der Waals surface area contributed by atoms with E-state index in [1.807, 2.05) is 4.90 Å². The molecule has 0 saturated carbocycles. The number of anilines is 1. The van der Waals surface area contributed by atoms with Gasteiger partial charge >= 0.3 is 0 Å². The fraction of sp³-hybridized carbons (Fsp3) is 0.533. The molecular weight excluding hydrogens is 224 g/mol. The number of carbonyl (C=O) groups excluding carboxylic acids is 1. The van der Waals surface area contributed by atoms with Crippen LogP contribution in [0.25, 0.3) is 0 Å². The van der Waals surface area contributed by atoms with E-state index in [9.17, 15) is 4.79 Å². The van der Waals surface area contributed by atoms with Crippen molar-refractivity contribution in [3.05, 3.63) is 29.3 Å². The summed E-state index contributed by atoms with van der Waals surface area (Å²) in [6.45, 7) is 6.83. The minimum atomic E-state index is 0.281. The Morgan fingerprint density at radius 1 is 1.22 bits per heavy atom. The van der Waals surface area contributed by atoms with Crippen LogP contribution in [0.3, 0.4) is 0 Å². The van der Waals surface area contributed by atoms with Crippen LogP contribution in [0.5, 0.6) is 0 Å². The van der Waals surface area contributed by atoms with Gasteiger partial charge in [0.05, 0.1) is 0 Å². The van der Waals surface area contributed by atoms with Gasteiger partial charge in [-0.3, -0.25) is 4.79 Å². The number of nitrogens with zero attached hydrogens (tertiary/aromatic N) is 1. The average molecular weight is 246 g/mol. The van der Waals surface area contributed by atoms with Gasteiger partial charge in [0.1, 0.15) is 0 Å². The standard InChI is InChI=1S/C15H22N2O/c1-12-5-6-14(11-13(12)2)16-8-7-15(18)17-9-3-4-10-17/h5-6,11,16H,3-4,7-10H2,1-2H3. The summed E-state index contributed by atoms with van der Waals surface area (Å²) in [6, 6.07) is 6.32. The van der Waals surface area contributed by atoms with Crippen LogP contribution in [-0.2, 0) is 4.79 Å². The van der Waals surface area contributed by atoms with Crippen molar-refractivity contribution >= 4 is 11.6 Å². The maximum atomic E-state index is 11.8. The Bertz CT molecular complexity index is 423. The maximum Gasteiger partial charge on any atom is 0.224 e. The number of nitrogens with one attached hydrogen (secondary N) is 1. The average Bonchev–Trinajstić information content (AvgIpc) is 2.87. The topological polar surface area (TPSA) is 32.3 Å². The number of amides is 1. The van der Waals surface area contributed by atoms with Crippen molar-refractivity contribution < 1.29 is 4.79 Å². The van der Waals surface area contributed by atoms with Crippen LogP contribution in [0.4, 0.5) is 5.69 Å². The second-order valence-electron chi connectivity index (χ2n) is 5.06. The third kappa shape index (κ3) is 3.25. The van der Waals surface area contributed by atoms with Crippen molar-refractivity contribution in [3.63, 3.8) is 0 Å². The summed E-state index contributed by atoms with van der Waals surface area (Å²) in [6.07, 6.45) is 2.92. The highest BCUT2D eigenvalue weighted by molar-refractivity contribution is 5.77. The molecule has 98 valence electrons. The second-order valence-corrected chi connectivity index (χ2v) is 5.06. The van der Waals surface area contributed by atoms with Crippen LogP contribution >= 0.6 is 0 Å². The van der Waals surface area contributed by atoms with E-state index in [2.05, 4.69) is 37.4 Å². The lowest BCUT2D eigenvalue weighted by Crippen LogP contribution is -2.29. The molecule has 18 heavy (non-hydrogen) atoms. The molecule has 0 spiro atoms. The van der Waals surface area contributed by atoms with Crippen molar-refractivity contribution in [2.45, 2.75) is 33.1 Å². The monoisotopic (exact) mass is 246 g/mol. The van der Waals surface area contributed by atoms with Crippen molar-refractivity contribution in [1.29, 1.82) is 0 Å². The summed E-state index contributed by atoms with van der Waals surface area (Å²) >= 11 is 0. The van der Waals surface area contributed by atoms with Gasteiger partial charge in [0.25, 0.3) is 0 Å². The molecule has 1 saturated heterocycles. The molecule has 0 radical (unpaired) electrons. The third-order valence-corrected chi connectivity index (χ3v) is 3.63. The fourth-order valence-electron chi connectivity index (χ4n) is 2.29. The van der Waals surface area contributed by atoms with Crippen LogP contribution < -0.4 is 5.32 Å². The molecule has 3 nitrogen and oxygen atoms in total. The van der Waals surface area contributed by atoms with Crippen LogP contribution in [0.2, 0.25) is 0 Å². The van der Waals surface area contributed by atoms with Crippen LogP contribution in [0.15, 0.2) is 18.2 Å². The molecule has 1 N–H and O–H groups in total. The van der Waals surface area contributed by atoms with Crippen LogP contribution in [0, 0.1) is 13.8 Å². The molecule has 1 aliphatic rings. The zero-order valence-electron chi connectivity index (χ0n) is 11.3. The Hall–Kier alpha value is -1.51. The number of carbonyl (C=O) groups is 1. The number of rotatable bonds is 4. The van der Waals surface area contributed by atoms with Gasteiger partial charge in [-0.2, -0.15) is 0 Å². The Balaban J connectivity index is 1.77. The fourth-order valence-corrected chi connectivity index (χ4v) is 2.29. The molecule has 3 heteroatoms. The first-order valence-electron chi connectivity index (χ1n) is 6.76. The third-order valence-electron chi connectivity index (χ3n) is 3.63. The van der Waals surface area contributed by atoms with Crippen LogP contribution in [0.1, 0.15) is 30.4 Å². The van der Waals surface area contributed by atoms with Gasteiger partial charge in [0, 0.05) is 31.7 Å². The molecule has 0 bridgehead atoms. The molecule has 0 aromatic heterocycles. The molecule has 1 heterocycles. The predicted molar refractivity (Wildman–Crippen MR) is 74.8 cm³/mol. The van der Waals surface area contributed by atoms with Gasteiger partial charge in [-0.05, 0) is 49.9 Å². The zero-order chi connectivity index (χ0) is 13.0. The maximum absolute atomic E-state index is 11.8. The SMILES string of the molecule is Cc1ccc(NCCC(=O)N2CCCC2)cc1C. The lowest BCUT2D eigenvalue weighted by atomic mass is 10.1. The Kier molecular flexibility index (Phi) is 4.24. The first-order chi connectivity index (χ1) is 8.66. The first-order valence-corrected chi connectivity index (χ1v) is 6.76. The molecule has 0 aliphatic carbocycles. The van der Waals surface area contributed by atoms with Crippen molar-refractivity contribution in [3.8, 4) is 0 Å². The summed E-state index contributed by atoms with van der Waals surface area (Å²) in [5.74, 6) is 0.281. The van der Waals surface area contributed by atoms with E-state index in [0.717, 1.165) is 38.2 Å². The molecular formula is C15H22N2O. The van der Waals surface area contributed by atoms with E-state index in [-0.39, 0.29) is 5.91 Å². The van der Waals surface area contributed by atoms with E-state index in [1.54, 1.807) is 0 Å². The second kappa shape index (κ2) is 5.89. The van der Waals surface area contributed by atoms with E-state index >= 15 is 0 Å². The number of hydrogen-bond acceptors (Lipinski definition) is 2. The number of hydrogen-bond donors (Lipinski definition) is 1. The quantitative estimate of drug-likeness (QED) is 0.886. The van der Waals surface area contributed by atoms with Gasteiger partial charge in [0.2, 0.25) is 5.91 Å². The summed E-state index contributed by atoms with van der Waals surface area (Å²) in [5, 5.41) is 3.32. The normalized spacial score (nSPS) is 14.9. The molecule has 0 atom stereocenters. The summed E-state index contributed by atoms with van der Waals surface area (Å²) in [5.41, 5.74) is 3.69. The van der Waals surface area contributed by atoms with Crippen LogP contribution in [-0.4, -0.2) is 30.4 Å². The van der Waals surface area contributed by atoms with Gasteiger partial charge in [-0.25, -0.2) is 0 Å². The van der Waals surface area contributed by atoms with Crippen molar-refractivity contribution in [2.24, 2.45) is 0 Å². The molecule has 2 rings (SSSR count). The van der Waals surface area contributed by atoms with Crippen molar-refractivity contribution in [2.75, 3.05) is 25.0 Å². The van der Waals surface area contributed by atoms with E-state index in [0.29, 0.717) is 6.42 Å². The number of aryl methyl sites for hydroxylation is 2. The zero-order valence-corrected chi connectivity index (χ0v) is 11.3. The number of benzene rings is 1. The highest BCUT2D eigenvalue weighted by atomic mass is 16.2. The number of likely N-dealkylation sites (tertiary alicyclic amines) is 1. The molecule has 1 aliphatic heterocycles. The minimum absolute atomic E-state index is 0.281. The summed E-state index contributed by atoms with van der Waals surface area (Å²) in [7, 11) is 0. The Labute approximate surface area is 109 Å². The summed E-state index contributed by atoms with van der Waals surface area (Å²) < 4.78 is 0. The van der Waals surface area contributed by atoms with E-state index in [1.165, 1.54) is 11.1 Å². The van der Waals surface area contributed by atoms with Crippen molar-refractivity contribution in [1.82, 2.24) is 4.90 Å². The molecule has 1 amide bonds. The highest BCUT2D eigenvalue weighted by Crippen LogP contribution is 2.14. The first kappa shape index (κ1) is 12.9. The molecule has 1 aromatic carbocycles. The predicted octanol–water partition coefficient (Wildman–Crippen LogP) is 2.73. The highest BCUT2D eigenvalue weighted by Gasteiger charge is 2.16. The lowest BCUT2D eigenvalue weighted by Gasteiger charge is -2.15. The van der Waals surface area contributed by atoms with Gasteiger partial charge in [0.15, 0.2) is 0 Å². The smallest absolute Gasteiger partial charge is 0.224 e.